The molecule has 2 heterocycles. The van der Waals surface area contributed by atoms with E-state index in [-0.39, 0.29) is 0 Å². The normalized spacial score (nSPS) is 18.0. The third-order valence-corrected chi connectivity index (χ3v) is 5.17. The third-order valence-electron chi connectivity index (χ3n) is 4.10. The molecule has 0 aliphatic carbocycles. The molecule has 1 aromatic rings. The van der Waals surface area contributed by atoms with Crippen LogP contribution in [-0.2, 0) is 13.1 Å². The number of nitrogens with one attached hydrogen (secondary N) is 1. The molecule has 0 unspecified atom stereocenters. The summed E-state index contributed by atoms with van der Waals surface area (Å²) in [5.74, 6) is 0.886. The number of hydrogen-bond acceptors (Lipinski definition) is 4. The first-order chi connectivity index (χ1) is 9.67. The summed E-state index contributed by atoms with van der Waals surface area (Å²) in [7, 11) is 4.50. The Kier molecular flexibility index (Phi) is 6.49. The summed E-state index contributed by atoms with van der Waals surface area (Å²) in [6, 6.07) is 4.56. The van der Waals surface area contributed by atoms with E-state index in [2.05, 4.69) is 48.3 Å². The number of rotatable bonds is 7. The maximum atomic E-state index is 3.39. The van der Waals surface area contributed by atoms with E-state index in [1.54, 1.807) is 0 Å². The van der Waals surface area contributed by atoms with Crippen LogP contribution in [0.2, 0.25) is 0 Å². The standard InChI is InChI=1S/C16H29N3S/c1-4-17-11-15-5-6-16(20-15)13-19(3)12-14-7-9-18(2)10-8-14/h5-6,14,17H,4,7-13H2,1-3H3. The zero-order valence-electron chi connectivity index (χ0n) is 13.2. The summed E-state index contributed by atoms with van der Waals surface area (Å²) in [5, 5.41) is 3.39. The van der Waals surface area contributed by atoms with E-state index >= 15 is 0 Å². The minimum Gasteiger partial charge on any atom is -0.312 e. The Bertz CT molecular complexity index is 383. The Morgan fingerprint density at radius 2 is 2.00 bits per heavy atom. The van der Waals surface area contributed by atoms with Gasteiger partial charge in [0, 0.05) is 29.4 Å². The molecule has 0 spiro atoms. The second-order valence-electron chi connectivity index (χ2n) is 6.09. The van der Waals surface area contributed by atoms with Gasteiger partial charge in [-0.05, 0) is 64.6 Å². The van der Waals surface area contributed by atoms with Crippen LogP contribution in [0.15, 0.2) is 12.1 Å². The highest BCUT2D eigenvalue weighted by molar-refractivity contribution is 7.11. The van der Waals surface area contributed by atoms with Gasteiger partial charge in [0.15, 0.2) is 0 Å². The van der Waals surface area contributed by atoms with Crippen LogP contribution in [0.5, 0.6) is 0 Å². The lowest BCUT2D eigenvalue weighted by atomic mass is 9.97. The monoisotopic (exact) mass is 295 g/mol. The Hall–Kier alpha value is -0.420. The summed E-state index contributed by atoms with van der Waals surface area (Å²) in [6.07, 6.45) is 2.72. The van der Waals surface area contributed by atoms with Gasteiger partial charge < -0.3 is 15.1 Å². The van der Waals surface area contributed by atoms with E-state index in [9.17, 15) is 0 Å². The first kappa shape index (κ1) is 16.0. The fourth-order valence-electron chi connectivity index (χ4n) is 2.87. The average Bonchev–Trinajstić information content (AvgIpc) is 2.86. The minimum atomic E-state index is 0.886. The van der Waals surface area contributed by atoms with Crippen molar-refractivity contribution >= 4 is 11.3 Å². The predicted octanol–water partition coefficient (Wildman–Crippen LogP) is 2.63. The molecule has 20 heavy (non-hydrogen) atoms. The Balaban J connectivity index is 1.73. The maximum Gasteiger partial charge on any atom is 0.0325 e. The van der Waals surface area contributed by atoms with E-state index < -0.39 is 0 Å². The number of thiophene rings is 1. The van der Waals surface area contributed by atoms with Gasteiger partial charge in [-0.3, -0.25) is 0 Å². The van der Waals surface area contributed by atoms with Crippen molar-refractivity contribution in [3.05, 3.63) is 21.9 Å². The summed E-state index contributed by atoms with van der Waals surface area (Å²) in [5.41, 5.74) is 0. The van der Waals surface area contributed by atoms with E-state index in [1.807, 2.05) is 11.3 Å². The number of likely N-dealkylation sites (tertiary alicyclic amines) is 1. The van der Waals surface area contributed by atoms with Crippen LogP contribution in [0.1, 0.15) is 29.5 Å². The van der Waals surface area contributed by atoms with Gasteiger partial charge in [0.2, 0.25) is 0 Å². The molecule has 2 rings (SSSR count). The van der Waals surface area contributed by atoms with E-state index in [0.29, 0.717) is 0 Å². The van der Waals surface area contributed by atoms with Crippen molar-refractivity contribution in [2.45, 2.75) is 32.9 Å². The van der Waals surface area contributed by atoms with Crippen molar-refractivity contribution in [3.8, 4) is 0 Å². The van der Waals surface area contributed by atoms with Gasteiger partial charge in [0.1, 0.15) is 0 Å². The molecule has 0 amide bonds. The third kappa shape index (κ3) is 5.17. The molecule has 4 heteroatoms. The fourth-order valence-corrected chi connectivity index (χ4v) is 3.93. The van der Waals surface area contributed by atoms with Gasteiger partial charge in [-0.1, -0.05) is 6.92 Å². The second kappa shape index (κ2) is 8.13. The molecular formula is C16H29N3S. The number of piperidine rings is 1. The van der Waals surface area contributed by atoms with Gasteiger partial charge >= 0.3 is 0 Å². The zero-order valence-corrected chi connectivity index (χ0v) is 14.0. The maximum absolute atomic E-state index is 3.39. The van der Waals surface area contributed by atoms with Gasteiger partial charge in [-0.2, -0.15) is 0 Å². The summed E-state index contributed by atoms with van der Waals surface area (Å²) >= 11 is 1.95. The molecule has 3 nitrogen and oxygen atoms in total. The van der Waals surface area contributed by atoms with Gasteiger partial charge in [-0.15, -0.1) is 11.3 Å². The highest BCUT2D eigenvalue weighted by atomic mass is 32.1. The van der Waals surface area contributed by atoms with Crippen molar-refractivity contribution in [1.82, 2.24) is 15.1 Å². The fraction of sp³-hybridized carbons (Fsp3) is 0.750. The molecule has 0 bridgehead atoms. The van der Waals surface area contributed by atoms with Crippen LogP contribution >= 0.6 is 11.3 Å². The summed E-state index contributed by atoms with van der Waals surface area (Å²) in [4.78, 5) is 7.89. The number of nitrogens with zero attached hydrogens (tertiary/aromatic N) is 2. The molecule has 1 saturated heterocycles. The highest BCUT2D eigenvalue weighted by Crippen LogP contribution is 2.21. The Morgan fingerprint density at radius 3 is 2.70 bits per heavy atom. The quantitative estimate of drug-likeness (QED) is 0.834. The largest absolute Gasteiger partial charge is 0.312 e. The highest BCUT2D eigenvalue weighted by Gasteiger charge is 2.18. The van der Waals surface area contributed by atoms with Gasteiger partial charge in [0.05, 0.1) is 0 Å². The molecule has 0 radical (unpaired) electrons. The zero-order chi connectivity index (χ0) is 14.4. The SMILES string of the molecule is CCNCc1ccc(CN(C)CC2CCN(C)CC2)s1. The van der Waals surface area contributed by atoms with Crippen LogP contribution in [-0.4, -0.2) is 50.1 Å². The molecule has 0 atom stereocenters. The summed E-state index contributed by atoms with van der Waals surface area (Å²) < 4.78 is 0. The minimum absolute atomic E-state index is 0.886. The first-order valence-electron chi connectivity index (χ1n) is 7.82. The Morgan fingerprint density at radius 1 is 1.30 bits per heavy atom. The van der Waals surface area contributed by atoms with Crippen molar-refractivity contribution < 1.29 is 0 Å². The molecule has 0 saturated carbocycles. The molecule has 1 aromatic heterocycles. The van der Waals surface area contributed by atoms with Crippen LogP contribution in [0.3, 0.4) is 0 Å². The van der Waals surface area contributed by atoms with E-state index in [4.69, 9.17) is 0 Å². The van der Waals surface area contributed by atoms with Crippen LogP contribution in [0.25, 0.3) is 0 Å². The molecule has 1 aliphatic rings. The number of hydrogen-bond donors (Lipinski definition) is 1. The van der Waals surface area contributed by atoms with Gasteiger partial charge in [-0.25, -0.2) is 0 Å². The molecule has 1 fully saturated rings. The molecular weight excluding hydrogens is 266 g/mol. The van der Waals surface area contributed by atoms with Crippen LogP contribution in [0.4, 0.5) is 0 Å². The molecule has 1 N–H and O–H groups in total. The van der Waals surface area contributed by atoms with Crippen LogP contribution in [0, 0.1) is 5.92 Å². The van der Waals surface area contributed by atoms with Crippen molar-refractivity contribution in [3.63, 3.8) is 0 Å². The predicted molar refractivity (Wildman–Crippen MR) is 88.3 cm³/mol. The second-order valence-corrected chi connectivity index (χ2v) is 7.34. The average molecular weight is 295 g/mol. The Labute approximate surface area is 128 Å². The molecule has 114 valence electrons. The first-order valence-corrected chi connectivity index (χ1v) is 8.64. The van der Waals surface area contributed by atoms with Gasteiger partial charge in [0.25, 0.3) is 0 Å². The van der Waals surface area contributed by atoms with Crippen molar-refractivity contribution in [2.75, 3.05) is 40.3 Å². The summed E-state index contributed by atoms with van der Waals surface area (Å²) in [6.45, 7) is 9.10. The van der Waals surface area contributed by atoms with Crippen molar-refractivity contribution in [1.29, 1.82) is 0 Å². The van der Waals surface area contributed by atoms with Crippen molar-refractivity contribution in [2.24, 2.45) is 5.92 Å². The lowest BCUT2D eigenvalue weighted by molar-refractivity contribution is 0.174. The smallest absolute Gasteiger partial charge is 0.0325 e. The van der Waals surface area contributed by atoms with E-state index in [0.717, 1.165) is 25.6 Å². The topological polar surface area (TPSA) is 18.5 Å². The lowest BCUT2D eigenvalue weighted by Crippen LogP contribution is -2.35. The molecule has 1 aliphatic heterocycles. The van der Waals surface area contributed by atoms with Crippen LogP contribution < -0.4 is 5.32 Å². The van der Waals surface area contributed by atoms with E-state index in [1.165, 1.54) is 42.2 Å². The lowest BCUT2D eigenvalue weighted by Gasteiger charge is -2.31. The molecule has 0 aromatic carbocycles.